The number of halogens is 1. The quantitative estimate of drug-likeness (QED) is 0.684. The van der Waals surface area contributed by atoms with E-state index in [9.17, 15) is 4.79 Å². The van der Waals surface area contributed by atoms with Crippen molar-refractivity contribution in [2.45, 2.75) is 18.9 Å². The van der Waals surface area contributed by atoms with Gasteiger partial charge >= 0.3 is 6.03 Å². The van der Waals surface area contributed by atoms with Gasteiger partial charge in [-0.05, 0) is 55.3 Å². The molecule has 1 saturated heterocycles. The molecule has 0 bridgehead atoms. The molecule has 144 valence electrons. The summed E-state index contributed by atoms with van der Waals surface area (Å²) in [7, 11) is 1.62. The average Bonchev–Trinajstić information content (AvgIpc) is 3.37. The van der Waals surface area contributed by atoms with Crippen LogP contribution in [-0.4, -0.2) is 34.7 Å². The summed E-state index contributed by atoms with van der Waals surface area (Å²) in [5.74, 6) is 1.68. The molecular formula is C20H19ClN4O3. The van der Waals surface area contributed by atoms with E-state index >= 15 is 0 Å². The molecule has 0 unspecified atom stereocenters. The number of aromatic nitrogens is 2. The topological polar surface area (TPSA) is 80.5 Å². The highest BCUT2D eigenvalue weighted by Gasteiger charge is 2.34. The fourth-order valence-electron chi connectivity index (χ4n) is 3.26. The van der Waals surface area contributed by atoms with Crippen LogP contribution in [-0.2, 0) is 0 Å². The molecule has 1 fully saturated rings. The van der Waals surface area contributed by atoms with Crippen LogP contribution in [0.25, 0.3) is 11.4 Å². The molecule has 0 aliphatic carbocycles. The summed E-state index contributed by atoms with van der Waals surface area (Å²) < 4.78 is 10.6. The van der Waals surface area contributed by atoms with Crippen LogP contribution in [0.15, 0.2) is 53.1 Å². The monoisotopic (exact) mass is 398 g/mol. The van der Waals surface area contributed by atoms with Gasteiger partial charge in [0.15, 0.2) is 0 Å². The molecule has 1 aliphatic heterocycles. The molecule has 8 heteroatoms. The number of carbonyl (C=O) groups excluding carboxylic acids is 1. The summed E-state index contributed by atoms with van der Waals surface area (Å²) in [6, 6.07) is 14.0. The van der Waals surface area contributed by atoms with Crippen LogP contribution in [0.5, 0.6) is 5.75 Å². The third-order valence-corrected chi connectivity index (χ3v) is 4.90. The van der Waals surface area contributed by atoms with Crippen LogP contribution in [0.3, 0.4) is 0 Å². The van der Waals surface area contributed by atoms with Gasteiger partial charge in [0.05, 0.1) is 7.11 Å². The van der Waals surface area contributed by atoms with Gasteiger partial charge in [-0.1, -0.05) is 22.8 Å². The molecule has 1 aromatic heterocycles. The van der Waals surface area contributed by atoms with E-state index in [4.69, 9.17) is 20.9 Å². The van der Waals surface area contributed by atoms with Crippen LogP contribution in [0.2, 0.25) is 5.02 Å². The zero-order valence-corrected chi connectivity index (χ0v) is 16.0. The maximum absolute atomic E-state index is 12.7. The lowest BCUT2D eigenvalue weighted by Crippen LogP contribution is -2.34. The average molecular weight is 399 g/mol. The van der Waals surface area contributed by atoms with Crippen LogP contribution < -0.4 is 10.1 Å². The fraction of sp³-hybridized carbons (Fsp3) is 0.250. The highest BCUT2D eigenvalue weighted by Crippen LogP contribution is 2.33. The van der Waals surface area contributed by atoms with Gasteiger partial charge in [-0.3, -0.25) is 0 Å². The summed E-state index contributed by atoms with van der Waals surface area (Å²) in [6.45, 7) is 0.622. The summed E-state index contributed by atoms with van der Waals surface area (Å²) >= 11 is 5.99. The molecule has 1 aliphatic rings. The van der Waals surface area contributed by atoms with E-state index in [1.807, 2.05) is 24.3 Å². The Morgan fingerprint density at radius 2 is 2.11 bits per heavy atom. The van der Waals surface area contributed by atoms with Gasteiger partial charge in [-0.25, -0.2) is 4.79 Å². The summed E-state index contributed by atoms with van der Waals surface area (Å²) in [4.78, 5) is 18.9. The van der Waals surface area contributed by atoms with E-state index in [1.165, 1.54) is 0 Å². The van der Waals surface area contributed by atoms with E-state index in [2.05, 4.69) is 15.5 Å². The molecule has 4 rings (SSSR count). The Morgan fingerprint density at radius 1 is 1.29 bits per heavy atom. The van der Waals surface area contributed by atoms with Crippen LogP contribution in [0, 0.1) is 0 Å². The number of anilines is 1. The Labute approximate surface area is 167 Å². The van der Waals surface area contributed by atoms with Gasteiger partial charge in [-0.2, -0.15) is 4.98 Å². The number of rotatable bonds is 4. The van der Waals surface area contributed by atoms with Crippen LogP contribution in [0.1, 0.15) is 24.8 Å². The molecule has 2 heterocycles. The van der Waals surface area contributed by atoms with E-state index in [1.54, 1.807) is 36.3 Å². The van der Waals surface area contributed by atoms with Gasteiger partial charge in [-0.15, -0.1) is 0 Å². The number of nitrogens with one attached hydrogen (secondary N) is 1. The molecule has 1 atom stereocenters. The Hall–Kier alpha value is -3.06. The number of hydrogen-bond acceptors (Lipinski definition) is 5. The number of amides is 2. The van der Waals surface area contributed by atoms with Crippen molar-refractivity contribution in [3.63, 3.8) is 0 Å². The molecular weight excluding hydrogens is 380 g/mol. The predicted octanol–water partition coefficient (Wildman–Crippen LogP) is 4.77. The smallest absolute Gasteiger partial charge is 0.322 e. The van der Waals surface area contributed by atoms with Crippen LogP contribution >= 0.6 is 11.6 Å². The predicted molar refractivity (Wildman–Crippen MR) is 105 cm³/mol. The van der Waals surface area contributed by atoms with Crippen molar-refractivity contribution < 1.29 is 14.1 Å². The van der Waals surface area contributed by atoms with Crippen molar-refractivity contribution in [2.75, 3.05) is 19.0 Å². The number of ether oxygens (including phenoxy) is 1. The number of urea groups is 1. The largest absolute Gasteiger partial charge is 0.497 e. The molecule has 2 aromatic carbocycles. The Balaban J connectivity index is 1.50. The first kappa shape index (κ1) is 18.3. The lowest BCUT2D eigenvalue weighted by Gasteiger charge is -2.22. The van der Waals surface area contributed by atoms with Crippen molar-refractivity contribution in [1.29, 1.82) is 0 Å². The summed E-state index contributed by atoms with van der Waals surface area (Å²) in [5, 5.41) is 7.51. The van der Waals surface area contributed by atoms with Crippen molar-refractivity contribution in [3.05, 3.63) is 59.4 Å². The molecule has 0 radical (unpaired) electrons. The molecule has 28 heavy (non-hydrogen) atoms. The Kier molecular flexibility index (Phi) is 5.16. The second-order valence-electron chi connectivity index (χ2n) is 6.48. The zero-order chi connectivity index (χ0) is 19.5. The SMILES string of the molecule is COc1ccc(-c2noc([C@@H]3CCCN3C(=O)Nc3cccc(Cl)c3)n2)cc1. The van der Waals surface area contributed by atoms with Crippen molar-refractivity contribution in [2.24, 2.45) is 0 Å². The van der Waals surface area contributed by atoms with Gasteiger partial charge < -0.3 is 19.5 Å². The van der Waals surface area contributed by atoms with E-state index < -0.39 is 0 Å². The number of methoxy groups -OCH3 is 1. The number of benzene rings is 2. The number of likely N-dealkylation sites (tertiary alicyclic amines) is 1. The molecule has 2 amide bonds. The van der Waals surface area contributed by atoms with Gasteiger partial charge in [0.2, 0.25) is 11.7 Å². The van der Waals surface area contributed by atoms with Gasteiger partial charge in [0.25, 0.3) is 0 Å². The summed E-state index contributed by atoms with van der Waals surface area (Å²) in [5.41, 5.74) is 1.47. The highest BCUT2D eigenvalue weighted by atomic mass is 35.5. The third kappa shape index (κ3) is 3.80. The van der Waals surface area contributed by atoms with Crippen molar-refractivity contribution in [1.82, 2.24) is 15.0 Å². The normalized spacial score (nSPS) is 16.2. The lowest BCUT2D eigenvalue weighted by atomic mass is 10.2. The lowest BCUT2D eigenvalue weighted by molar-refractivity contribution is 0.193. The molecule has 1 N–H and O–H groups in total. The number of nitrogens with zero attached hydrogens (tertiary/aromatic N) is 3. The molecule has 0 spiro atoms. The minimum Gasteiger partial charge on any atom is -0.497 e. The van der Waals surface area contributed by atoms with Crippen LogP contribution in [0.4, 0.5) is 10.5 Å². The third-order valence-electron chi connectivity index (χ3n) is 4.66. The Bertz CT molecular complexity index is 974. The number of hydrogen-bond donors (Lipinski definition) is 1. The first-order valence-electron chi connectivity index (χ1n) is 8.95. The molecule has 7 nitrogen and oxygen atoms in total. The molecule has 3 aromatic rings. The van der Waals surface area contributed by atoms with E-state index in [-0.39, 0.29) is 12.1 Å². The first-order valence-corrected chi connectivity index (χ1v) is 9.33. The van der Waals surface area contributed by atoms with E-state index in [0.717, 1.165) is 24.2 Å². The minimum atomic E-state index is -0.251. The maximum atomic E-state index is 12.7. The van der Waals surface area contributed by atoms with Gasteiger partial charge in [0.1, 0.15) is 11.8 Å². The summed E-state index contributed by atoms with van der Waals surface area (Å²) in [6.07, 6.45) is 1.64. The standard InChI is InChI=1S/C20H19ClN4O3/c1-27-16-9-7-13(8-10-16)18-23-19(28-24-18)17-6-3-11-25(17)20(26)22-15-5-2-4-14(21)12-15/h2,4-5,7-10,12,17H,3,6,11H2,1H3,(H,22,26)/t17-/m0/s1. The second-order valence-corrected chi connectivity index (χ2v) is 6.91. The van der Waals surface area contributed by atoms with E-state index in [0.29, 0.717) is 29.0 Å². The second kappa shape index (κ2) is 7.90. The fourth-order valence-corrected chi connectivity index (χ4v) is 3.45. The number of carbonyl (C=O) groups is 1. The zero-order valence-electron chi connectivity index (χ0n) is 15.3. The van der Waals surface area contributed by atoms with Crippen molar-refractivity contribution in [3.8, 4) is 17.1 Å². The maximum Gasteiger partial charge on any atom is 0.322 e. The Morgan fingerprint density at radius 3 is 2.86 bits per heavy atom. The first-order chi connectivity index (χ1) is 13.6. The molecule has 0 saturated carbocycles. The van der Waals surface area contributed by atoms with Crippen molar-refractivity contribution >= 4 is 23.3 Å². The minimum absolute atomic E-state index is 0.214. The van der Waals surface area contributed by atoms with Gasteiger partial charge in [0, 0.05) is 22.8 Å². The highest BCUT2D eigenvalue weighted by molar-refractivity contribution is 6.30.